The van der Waals surface area contributed by atoms with Gasteiger partial charge in [0.05, 0.1) is 11.1 Å². The lowest BCUT2D eigenvalue weighted by Crippen LogP contribution is -2.12. The minimum Gasteiger partial charge on any atom is -0.322 e. The van der Waals surface area contributed by atoms with E-state index < -0.39 is 0 Å². The zero-order valence-corrected chi connectivity index (χ0v) is 14.1. The van der Waals surface area contributed by atoms with Crippen LogP contribution < -0.4 is 5.32 Å². The topological polar surface area (TPSA) is 42.0 Å². The maximum Gasteiger partial charge on any atom is 0.256 e. The summed E-state index contributed by atoms with van der Waals surface area (Å²) in [5, 5.41) is 3.73. The highest BCUT2D eigenvalue weighted by Crippen LogP contribution is 2.22. The number of hydrogen-bond donors (Lipinski definition) is 1. The first-order valence-electron chi connectivity index (χ1n) is 7.16. The Balaban J connectivity index is 0.000000847. The Morgan fingerprint density at radius 3 is 2.36 bits per heavy atom. The van der Waals surface area contributed by atoms with Crippen LogP contribution in [0.4, 0.5) is 5.69 Å². The summed E-state index contributed by atoms with van der Waals surface area (Å²) in [7, 11) is 0. The number of aromatic nitrogens is 1. The van der Waals surface area contributed by atoms with Crippen LogP contribution in [0.1, 0.15) is 24.2 Å². The summed E-state index contributed by atoms with van der Waals surface area (Å²) in [5.41, 5.74) is 2.17. The van der Waals surface area contributed by atoms with Gasteiger partial charge in [-0.15, -0.1) is 0 Å². The van der Waals surface area contributed by atoms with Gasteiger partial charge in [0.2, 0.25) is 0 Å². The van der Waals surface area contributed by atoms with Crippen LogP contribution in [0.25, 0.3) is 10.9 Å². The molecule has 3 rings (SSSR count). The molecule has 0 fully saturated rings. The molecule has 0 spiro atoms. The van der Waals surface area contributed by atoms with Crippen molar-refractivity contribution in [2.45, 2.75) is 13.8 Å². The molecular weight excluding hydrogens is 340 g/mol. The maximum atomic E-state index is 12.4. The van der Waals surface area contributed by atoms with E-state index >= 15 is 0 Å². The molecule has 0 aliphatic carbocycles. The molecule has 0 bridgehead atoms. The molecule has 3 aromatic rings. The molecule has 1 N–H and O–H groups in total. The molecular formula is C18H17BrN2O. The van der Waals surface area contributed by atoms with Crippen LogP contribution in [-0.2, 0) is 0 Å². The lowest BCUT2D eigenvalue weighted by atomic mass is 10.1. The van der Waals surface area contributed by atoms with E-state index in [0.717, 1.165) is 16.6 Å². The van der Waals surface area contributed by atoms with Crippen LogP contribution in [0.2, 0.25) is 0 Å². The molecule has 0 radical (unpaired) electrons. The Labute approximate surface area is 138 Å². The first kappa shape index (κ1) is 16.2. The highest BCUT2D eigenvalue weighted by Gasteiger charge is 2.12. The summed E-state index contributed by atoms with van der Waals surface area (Å²) in [6, 6.07) is 18.7. The van der Waals surface area contributed by atoms with E-state index in [-0.39, 0.29) is 5.91 Å². The van der Waals surface area contributed by atoms with Crippen LogP contribution in [0.3, 0.4) is 0 Å². The molecule has 1 aromatic heterocycles. The summed E-state index contributed by atoms with van der Waals surface area (Å²) < 4.78 is 0.648. The number of amides is 1. The van der Waals surface area contributed by atoms with E-state index in [2.05, 4.69) is 26.2 Å². The van der Waals surface area contributed by atoms with Gasteiger partial charge in [0, 0.05) is 11.1 Å². The van der Waals surface area contributed by atoms with Crippen molar-refractivity contribution < 1.29 is 4.79 Å². The van der Waals surface area contributed by atoms with E-state index in [4.69, 9.17) is 0 Å². The summed E-state index contributed by atoms with van der Waals surface area (Å²) in [6.45, 7) is 4.00. The highest BCUT2D eigenvalue weighted by atomic mass is 79.9. The van der Waals surface area contributed by atoms with Gasteiger partial charge in [-0.1, -0.05) is 50.2 Å². The van der Waals surface area contributed by atoms with Crippen molar-refractivity contribution in [3.63, 3.8) is 0 Å². The molecule has 0 atom stereocenters. The average molecular weight is 357 g/mol. The van der Waals surface area contributed by atoms with Crippen molar-refractivity contribution in [3.05, 3.63) is 70.8 Å². The first-order valence-corrected chi connectivity index (χ1v) is 7.95. The second-order valence-electron chi connectivity index (χ2n) is 4.33. The monoisotopic (exact) mass is 356 g/mol. The van der Waals surface area contributed by atoms with E-state index in [1.54, 1.807) is 6.07 Å². The molecule has 1 heterocycles. The molecule has 4 heteroatoms. The van der Waals surface area contributed by atoms with Gasteiger partial charge < -0.3 is 5.32 Å². The number of halogens is 1. The number of nitrogens with zero attached hydrogens (tertiary/aromatic N) is 1. The molecule has 2 aromatic carbocycles. The van der Waals surface area contributed by atoms with Gasteiger partial charge in [0.15, 0.2) is 0 Å². The van der Waals surface area contributed by atoms with Crippen LogP contribution in [0, 0.1) is 0 Å². The van der Waals surface area contributed by atoms with Crippen LogP contribution >= 0.6 is 15.9 Å². The second-order valence-corrected chi connectivity index (χ2v) is 5.14. The standard InChI is InChI=1S/C16H11BrN2O.C2H6/c17-15-10-13(12-8-4-5-9-14(12)19-15)16(20)18-11-6-2-1-3-7-11;1-2/h1-10H,(H,18,20);1-2H3. The maximum absolute atomic E-state index is 12.4. The third-order valence-corrected chi connectivity index (χ3v) is 3.37. The number of para-hydroxylation sites is 2. The largest absolute Gasteiger partial charge is 0.322 e. The van der Waals surface area contributed by atoms with Gasteiger partial charge in [0.1, 0.15) is 4.60 Å². The normalized spacial score (nSPS) is 9.77. The molecule has 0 saturated heterocycles. The minimum absolute atomic E-state index is 0.143. The lowest BCUT2D eigenvalue weighted by molar-refractivity contribution is 0.102. The fraction of sp³-hybridized carbons (Fsp3) is 0.111. The number of carbonyl (C=O) groups excluding carboxylic acids is 1. The quantitative estimate of drug-likeness (QED) is 0.635. The fourth-order valence-corrected chi connectivity index (χ4v) is 2.47. The zero-order chi connectivity index (χ0) is 15.9. The third kappa shape index (κ3) is 3.71. The van der Waals surface area contributed by atoms with E-state index in [1.807, 2.05) is 68.4 Å². The second kappa shape index (κ2) is 7.71. The predicted molar refractivity (Wildman–Crippen MR) is 95.2 cm³/mol. The van der Waals surface area contributed by atoms with Gasteiger partial charge in [0.25, 0.3) is 5.91 Å². The van der Waals surface area contributed by atoms with Crippen LogP contribution in [0.15, 0.2) is 65.3 Å². The molecule has 3 nitrogen and oxygen atoms in total. The molecule has 0 aliphatic heterocycles. The van der Waals surface area contributed by atoms with Crippen molar-refractivity contribution in [2.24, 2.45) is 0 Å². The lowest BCUT2D eigenvalue weighted by Gasteiger charge is -2.08. The van der Waals surface area contributed by atoms with E-state index in [9.17, 15) is 4.79 Å². The summed E-state index contributed by atoms with van der Waals surface area (Å²) >= 11 is 3.35. The average Bonchev–Trinajstić information content (AvgIpc) is 2.56. The van der Waals surface area contributed by atoms with Crippen molar-refractivity contribution in [2.75, 3.05) is 5.32 Å². The smallest absolute Gasteiger partial charge is 0.256 e. The molecule has 22 heavy (non-hydrogen) atoms. The number of benzene rings is 2. The van der Waals surface area contributed by atoms with Crippen molar-refractivity contribution in [1.29, 1.82) is 0 Å². The van der Waals surface area contributed by atoms with Crippen molar-refractivity contribution in [3.8, 4) is 0 Å². The number of anilines is 1. The van der Waals surface area contributed by atoms with Crippen LogP contribution in [0.5, 0.6) is 0 Å². The minimum atomic E-state index is -0.143. The fourth-order valence-electron chi connectivity index (χ4n) is 2.05. The molecule has 0 saturated carbocycles. The highest BCUT2D eigenvalue weighted by molar-refractivity contribution is 9.10. The number of hydrogen-bond acceptors (Lipinski definition) is 2. The van der Waals surface area contributed by atoms with Gasteiger partial charge in [-0.3, -0.25) is 4.79 Å². The van der Waals surface area contributed by atoms with E-state index in [0.29, 0.717) is 10.2 Å². The van der Waals surface area contributed by atoms with Crippen molar-refractivity contribution in [1.82, 2.24) is 4.98 Å². The SMILES string of the molecule is CC.O=C(Nc1ccccc1)c1cc(Br)nc2ccccc12. The Hall–Kier alpha value is -2.20. The summed E-state index contributed by atoms with van der Waals surface area (Å²) in [6.07, 6.45) is 0. The number of rotatable bonds is 2. The van der Waals surface area contributed by atoms with Gasteiger partial charge in [-0.25, -0.2) is 4.98 Å². The van der Waals surface area contributed by atoms with Gasteiger partial charge >= 0.3 is 0 Å². The third-order valence-electron chi connectivity index (χ3n) is 2.96. The number of carbonyl (C=O) groups is 1. The molecule has 112 valence electrons. The van der Waals surface area contributed by atoms with Gasteiger partial charge in [-0.05, 0) is 40.2 Å². The summed E-state index contributed by atoms with van der Waals surface area (Å²) in [4.78, 5) is 16.8. The molecule has 0 unspecified atom stereocenters. The van der Waals surface area contributed by atoms with Crippen molar-refractivity contribution >= 4 is 38.4 Å². The summed E-state index contributed by atoms with van der Waals surface area (Å²) in [5.74, 6) is -0.143. The molecule has 1 amide bonds. The number of pyridine rings is 1. The van der Waals surface area contributed by atoms with E-state index in [1.165, 1.54) is 0 Å². The Kier molecular flexibility index (Phi) is 5.67. The first-order chi connectivity index (χ1) is 10.7. The Bertz CT molecular complexity index is 772. The zero-order valence-electron chi connectivity index (χ0n) is 12.5. The number of nitrogens with one attached hydrogen (secondary N) is 1. The Morgan fingerprint density at radius 2 is 1.64 bits per heavy atom. The predicted octanol–water partition coefficient (Wildman–Crippen LogP) is 5.28. The number of fused-ring (bicyclic) bond motifs is 1. The Morgan fingerprint density at radius 1 is 1.00 bits per heavy atom. The van der Waals surface area contributed by atoms with Gasteiger partial charge in [-0.2, -0.15) is 0 Å². The van der Waals surface area contributed by atoms with Crippen LogP contribution in [-0.4, -0.2) is 10.9 Å². The molecule has 0 aliphatic rings.